The first kappa shape index (κ1) is 20.9. The number of ether oxygens (including phenoxy) is 2. The standard InChI is InChI=1S/C24H27N3O4/c1-3-30-15-7-14-27-23(16-10-12-17(13-11-16)31-4-2)20-21(25-26-22(20)24(27)29)18-8-5-6-9-19(18)28/h5-6,8-13,23,28H,3-4,7,14-15H2,1-2H3,(H,25,26)/t23-/m1/s1. The van der Waals surface area contributed by atoms with Gasteiger partial charge in [-0.3, -0.25) is 9.89 Å². The Balaban J connectivity index is 1.76. The van der Waals surface area contributed by atoms with Crippen LogP contribution in [0.3, 0.4) is 0 Å². The quantitative estimate of drug-likeness (QED) is 0.507. The van der Waals surface area contributed by atoms with Crippen LogP contribution in [-0.2, 0) is 4.74 Å². The van der Waals surface area contributed by atoms with Crippen LogP contribution in [0.15, 0.2) is 48.5 Å². The summed E-state index contributed by atoms with van der Waals surface area (Å²) >= 11 is 0. The lowest BCUT2D eigenvalue weighted by Gasteiger charge is -2.26. The number of nitrogens with one attached hydrogen (secondary N) is 1. The second kappa shape index (κ2) is 9.22. The highest BCUT2D eigenvalue weighted by Gasteiger charge is 2.42. The molecule has 1 aliphatic rings. The molecule has 0 unspecified atom stereocenters. The molecule has 0 radical (unpaired) electrons. The summed E-state index contributed by atoms with van der Waals surface area (Å²) in [5, 5.41) is 17.7. The summed E-state index contributed by atoms with van der Waals surface area (Å²) in [5.41, 5.74) is 3.40. The molecule has 2 N–H and O–H groups in total. The molecule has 162 valence electrons. The van der Waals surface area contributed by atoms with Crippen LogP contribution >= 0.6 is 0 Å². The third-order valence-electron chi connectivity index (χ3n) is 5.42. The summed E-state index contributed by atoms with van der Waals surface area (Å²) in [7, 11) is 0. The summed E-state index contributed by atoms with van der Waals surface area (Å²) in [5.74, 6) is 0.816. The molecule has 0 saturated carbocycles. The highest BCUT2D eigenvalue weighted by Crippen LogP contribution is 2.44. The molecule has 7 nitrogen and oxygen atoms in total. The maximum atomic E-state index is 13.3. The van der Waals surface area contributed by atoms with Crippen molar-refractivity contribution in [3.8, 4) is 22.8 Å². The predicted octanol–water partition coefficient (Wildman–Crippen LogP) is 4.15. The van der Waals surface area contributed by atoms with Gasteiger partial charge in [-0.2, -0.15) is 5.10 Å². The summed E-state index contributed by atoms with van der Waals surface area (Å²) < 4.78 is 11.0. The zero-order chi connectivity index (χ0) is 21.8. The number of benzene rings is 2. The van der Waals surface area contributed by atoms with Crippen LogP contribution in [0.1, 0.15) is 47.9 Å². The van der Waals surface area contributed by atoms with E-state index in [1.54, 1.807) is 12.1 Å². The van der Waals surface area contributed by atoms with Crippen molar-refractivity contribution < 1.29 is 19.4 Å². The van der Waals surface area contributed by atoms with Gasteiger partial charge in [-0.05, 0) is 50.1 Å². The monoisotopic (exact) mass is 421 g/mol. The van der Waals surface area contributed by atoms with Crippen molar-refractivity contribution in [3.63, 3.8) is 0 Å². The minimum Gasteiger partial charge on any atom is -0.507 e. The molecular weight excluding hydrogens is 394 g/mol. The maximum Gasteiger partial charge on any atom is 0.273 e. The number of hydrogen-bond donors (Lipinski definition) is 2. The van der Waals surface area contributed by atoms with Crippen molar-refractivity contribution in [1.82, 2.24) is 15.1 Å². The van der Waals surface area contributed by atoms with Crippen LogP contribution < -0.4 is 4.74 Å². The first-order valence-corrected chi connectivity index (χ1v) is 10.6. The fourth-order valence-electron chi connectivity index (χ4n) is 4.05. The van der Waals surface area contributed by atoms with Crippen molar-refractivity contribution in [2.24, 2.45) is 0 Å². The zero-order valence-electron chi connectivity index (χ0n) is 17.8. The molecule has 0 bridgehead atoms. The van der Waals surface area contributed by atoms with E-state index in [9.17, 15) is 9.90 Å². The first-order valence-electron chi connectivity index (χ1n) is 10.6. The summed E-state index contributed by atoms with van der Waals surface area (Å²) in [4.78, 5) is 15.1. The molecule has 1 atom stereocenters. The number of carbonyl (C=O) groups excluding carboxylic acids is 1. The molecular formula is C24H27N3O4. The molecule has 7 heteroatoms. The van der Waals surface area contributed by atoms with Crippen LogP contribution in [0.5, 0.6) is 11.5 Å². The van der Waals surface area contributed by atoms with Gasteiger partial charge in [0.2, 0.25) is 0 Å². The SMILES string of the molecule is CCOCCCN1C(=O)c2[nH]nc(-c3ccccc3O)c2[C@H]1c1ccc(OCC)cc1. The molecule has 0 spiro atoms. The average molecular weight is 421 g/mol. The fraction of sp³-hybridized carbons (Fsp3) is 0.333. The first-order chi connectivity index (χ1) is 15.2. The van der Waals surface area contributed by atoms with Gasteiger partial charge in [0.25, 0.3) is 5.91 Å². The number of aromatic amines is 1. The number of para-hydroxylation sites is 1. The van der Waals surface area contributed by atoms with Crippen molar-refractivity contribution >= 4 is 5.91 Å². The lowest BCUT2D eigenvalue weighted by Crippen LogP contribution is -2.31. The molecule has 31 heavy (non-hydrogen) atoms. The smallest absolute Gasteiger partial charge is 0.273 e. The van der Waals surface area contributed by atoms with Gasteiger partial charge >= 0.3 is 0 Å². The molecule has 1 aliphatic heterocycles. The Kier molecular flexibility index (Phi) is 6.23. The molecule has 0 aliphatic carbocycles. The molecule has 2 aromatic carbocycles. The van der Waals surface area contributed by atoms with Crippen LogP contribution in [0.4, 0.5) is 0 Å². The molecule has 1 aromatic heterocycles. The van der Waals surface area contributed by atoms with Crippen molar-refractivity contribution in [3.05, 3.63) is 65.4 Å². The van der Waals surface area contributed by atoms with Crippen LogP contribution in [-0.4, -0.2) is 52.5 Å². The van der Waals surface area contributed by atoms with Gasteiger partial charge in [-0.1, -0.05) is 24.3 Å². The molecule has 4 rings (SSSR count). The predicted molar refractivity (Wildman–Crippen MR) is 117 cm³/mol. The Bertz CT molecular complexity index is 1050. The molecule has 2 heterocycles. The Hall–Kier alpha value is -3.32. The number of phenolic OH excluding ortho intramolecular Hbond substituents is 1. The van der Waals surface area contributed by atoms with E-state index in [0.29, 0.717) is 43.3 Å². The van der Waals surface area contributed by atoms with Crippen molar-refractivity contribution in [2.75, 3.05) is 26.4 Å². The van der Waals surface area contributed by atoms with E-state index in [-0.39, 0.29) is 17.7 Å². The van der Waals surface area contributed by atoms with E-state index in [2.05, 4.69) is 10.2 Å². The average Bonchev–Trinajstić information content (AvgIpc) is 3.32. The number of carbonyl (C=O) groups is 1. The van der Waals surface area contributed by atoms with Crippen LogP contribution in [0.25, 0.3) is 11.3 Å². The highest BCUT2D eigenvalue weighted by molar-refractivity contribution is 6.00. The molecule has 0 fully saturated rings. The topological polar surface area (TPSA) is 87.7 Å². The largest absolute Gasteiger partial charge is 0.507 e. The lowest BCUT2D eigenvalue weighted by molar-refractivity contribution is 0.0710. The van der Waals surface area contributed by atoms with E-state index in [4.69, 9.17) is 9.47 Å². The number of fused-ring (bicyclic) bond motifs is 1. The van der Waals surface area contributed by atoms with E-state index < -0.39 is 0 Å². The minimum absolute atomic E-state index is 0.0976. The zero-order valence-corrected chi connectivity index (χ0v) is 17.8. The Labute approximate surface area is 181 Å². The van der Waals surface area contributed by atoms with Crippen LogP contribution in [0.2, 0.25) is 0 Å². The van der Waals surface area contributed by atoms with Crippen molar-refractivity contribution in [2.45, 2.75) is 26.3 Å². The second-order valence-corrected chi connectivity index (χ2v) is 7.33. The van der Waals surface area contributed by atoms with Gasteiger partial charge in [-0.15, -0.1) is 0 Å². The molecule has 0 saturated heterocycles. The number of H-pyrrole nitrogens is 1. The van der Waals surface area contributed by atoms with Gasteiger partial charge in [0.15, 0.2) is 0 Å². The second-order valence-electron chi connectivity index (χ2n) is 7.33. The summed E-state index contributed by atoms with van der Waals surface area (Å²) in [6.07, 6.45) is 0.733. The molecule has 1 amide bonds. The summed E-state index contributed by atoms with van der Waals surface area (Å²) in [6.45, 7) is 6.29. The number of phenols is 1. The maximum absolute atomic E-state index is 13.3. The van der Waals surface area contributed by atoms with Crippen LogP contribution in [0, 0.1) is 0 Å². The number of amides is 1. The van der Waals surface area contributed by atoms with E-state index >= 15 is 0 Å². The normalized spacial score (nSPS) is 15.4. The highest BCUT2D eigenvalue weighted by atomic mass is 16.5. The molecule has 3 aromatic rings. The van der Waals surface area contributed by atoms with Gasteiger partial charge in [0.05, 0.1) is 12.6 Å². The Morgan fingerprint density at radius 3 is 2.58 bits per heavy atom. The Morgan fingerprint density at radius 2 is 1.87 bits per heavy atom. The van der Waals surface area contributed by atoms with Gasteiger partial charge < -0.3 is 19.5 Å². The number of aromatic nitrogens is 2. The minimum atomic E-state index is -0.312. The van der Waals surface area contributed by atoms with Gasteiger partial charge in [0.1, 0.15) is 22.9 Å². The van der Waals surface area contributed by atoms with Gasteiger partial charge in [-0.25, -0.2) is 0 Å². The number of hydrogen-bond acceptors (Lipinski definition) is 5. The van der Waals surface area contributed by atoms with Gasteiger partial charge in [0, 0.05) is 30.9 Å². The fourth-order valence-corrected chi connectivity index (χ4v) is 4.05. The number of rotatable bonds is 9. The van der Waals surface area contributed by atoms with E-state index in [0.717, 1.165) is 23.3 Å². The van der Waals surface area contributed by atoms with E-state index in [1.807, 2.05) is 55.1 Å². The number of nitrogens with zero attached hydrogens (tertiary/aromatic N) is 2. The third-order valence-corrected chi connectivity index (χ3v) is 5.42. The van der Waals surface area contributed by atoms with E-state index in [1.165, 1.54) is 0 Å². The van der Waals surface area contributed by atoms with Crippen molar-refractivity contribution in [1.29, 1.82) is 0 Å². The summed E-state index contributed by atoms with van der Waals surface area (Å²) in [6, 6.07) is 14.5. The lowest BCUT2D eigenvalue weighted by atomic mass is 9.95. The third kappa shape index (κ3) is 4.01. The number of aromatic hydroxyl groups is 1. The Morgan fingerprint density at radius 1 is 1.10 bits per heavy atom.